The SMILES string of the molecule is COC(=O)[C@@H](C)N1C(=O)S/C(=C/c2ccc(OCc3ccc(Cl)cc3)c(Br)c2)C1=O. The molecule has 0 bridgehead atoms. The first-order valence-electron chi connectivity index (χ1n) is 8.82. The van der Waals surface area contributed by atoms with Crippen molar-refractivity contribution in [1.82, 2.24) is 4.90 Å². The lowest BCUT2D eigenvalue weighted by Crippen LogP contribution is -2.42. The van der Waals surface area contributed by atoms with E-state index < -0.39 is 23.2 Å². The van der Waals surface area contributed by atoms with E-state index >= 15 is 0 Å². The first kappa shape index (κ1) is 22.4. The van der Waals surface area contributed by atoms with Crippen LogP contribution in [0, 0.1) is 0 Å². The van der Waals surface area contributed by atoms with Crippen molar-refractivity contribution in [1.29, 1.82) is 0 Å². The number of hydrogen-bond acceptors (Lipinski definition) is 6. The van der Waals surface area contributed by atoms with Crippen molar-refractivity contribution in [3.05, 3.63) is 68.0 Å². The van der Waals surface area contributed by atoms with Crippen LogP contribution in [-0.2, 0) is 20.9 Å². The average Bonchev–Trinajstić information content (AvgIpc) is 3.00. The van der Waals surface area contributed by atoms with E-state index in [0.29, 0.717) is 27.4 Å². The van der Waals surface area contributed by atoms with Crippen LogP contribution in [0.2, 0.25) is 5.02 Å². The zero-order valence-electron chi connectivity index (χ0n) is 16.1. The fourth-order valence-corrected chi connectivity index (χ4v) is 4.25. The Labute approximate surface area is 191 Å². The molecule has 1 fully saturated rings. The number of methoxy groups -OCH3 is 1. The predicted molar refractivity (Wildman–Crippen MR) is 119 cm³/mol. The lowest BCUT2D eigenvalue weighted by atomic mass is 10.2. The molecule has 3 rings (SSSR count). The largest absolute Gasteiger partial charge is 0.488 e. The number of ether oxygens (including phenoxy) is 2. The molecule has 0 aromatic heterocycles. The van der Waals surface area contributed by atoms with E-state index in [0.717, 1.165) is 22.2 Å². The fourth-order valence-electron chi connectivity index (χ4n) is 2.71. The molecule has 2 aromatic rings. The number of nitrogens with zero attached hydrogens (tertiary/aromatic N) is 1. The summed E-state index contributed by atoms with van der Waals surface area (Å²) in [6, 6.07) is 11.7. The summed E-state index contributed by atoms with van der Waals surface area (Å²) in [5.41, 5.74) is 1.68. The van der Waals surface area contributed by atoms with Crippen molar-refractivity contribution in [2.75, 3.05) is 7.11 Å². The Hall–Kier alpha value is -2.29. The molecule has 2 aromatic carbocycles. The number of amides is 2. The molecule has 0 radical (unpaired) electrons. The Balaban J connectivity index is 1.72. The van der Waals surface area contributed by atoms with Crippen LogP contribution in [0.1, 0.15) is 18.1 Å². The Morgan fingerprint density at radius 2 is 1.93 bits per heavy atom. The summed E-state index contributed by atoms with van der Waals surface area (Å²) >= 11 is 10.1. The van der Waals surface area contributed by atoms with Crippen LogP contribution in [0.4, 0.5) is 4.79 Å². The Bertz CT molecular complexity index is 1020. The van der Waals surface area contributed by atoms with Crippen molar-refractivity contribution in [3.63, 3.8) is 0 Å². The Morgan fingerprint density at radius 3 is 2.57 bits per heavy atom. The molecule has 9 heteroatoms. The van der Waals surface area contributed by atoms with Gasteiger partial charge in [-0.15, -0.1) is 0 Å². The van der Waals surface area contributed by atoms with Gasteiger partial charge < -0.3 is 9.47 Å². The monoisotopic (exact) mass is 509 g/mol. The zero-order chi connectivity index (χ0) is 21.8. The number of imide groups is 1. The maximum atomic E-state index is 12.6. The second-order valence-electron chi connectivity index (χ2n) is 6.36. The van der Waals surface area contributed by atoms with Crippen LogP contribution in [0.15, 0.2) is 51.8 Å². The van der Waals surface area contributed by atoms with Crippen LogP contribution in [0.3, 0.4) is 0 Å². The van der Waals surface area contributed by atoms with Gasteiger partial charge in [-0.2, -0.15) is 0 Å². The number of halogens is 2. The van der Waals surface area contributed by atoms with E-state index in [-0.39, 0.29) is 4.91 Å². The van der Waals surface area contributed by atoms with Crippen molar-refractivity contribution in [3.8, 4) is 5.75 Å². The number of benzene rings is 2. The lowest BCUT2D eigenvalue weighted by molar-refractivity contribution is -0.148. The van der Waals surface area contributed by atoms with Gasteiger partial charge in [0, 0.05) is 5.02 Å². The molecule has 0 saturated carbocycles. The normalized spacial score (nSPS) is 16.1. The van der Waals surface area contributed by atoms with Gasteiger partial charge in [0.2, 0.25) is 0 Å². The highest BCUT2D eigenvalue weighted by atomic mass is 79.9. The van der Waals surface area contributed by atoms with Gasteiger partial charge in [-0.3, -0.25) is 14.5 Å². The van der Waals surface area contributed by atoms with E-state index in [1.807, 2.05) is 12.1 Å². The minimum absolute atomic E-state index is 0.234. The topological polar surface area (TPSA) is 72.9 Å². The predicted octanol–water partition coefficient (Wildman–Crippen LogP) is 5.28. The zero-order valence-corrected chi connectivity index (χ0v) is 19.2. The molecular weight excluding hydrogens is 494 g/mol. The fraction of sp³-hybridized carbons (Fsp3) is 0.190. The Kier molecular flexibility index (Phi) is 7.23. The summed E-state index contributed by atoms with van der Waals surface area (Å²) in [5.74, 6) is -0.542. The van der Waals surface area contributed by atoms with E-state index in [2.05, 4.69) is 20.7 Å². The molecule has 1 aliphatic rings. The van der Waals surface area contributed by atoms with Crippen LogP contribution in [0.25, 0.3) is 6.08 Å². The quantitative estimate of drug-likeness (QED) is 0.389. The third-order valence-corrected chi connectivity index (χ3v) is 6.07. The van der Waals surface area contributed by atoms with E-state index in [4.69, 9.17) is 16.3 Å². The van der Waals surface area contributed by atoms with Crippen LogP contribution in [0.5, 0.6) is 5.75 Å². The summed E-state index contributed by atoms with van der Waals surface area (Å²) in [6.45, 7) is 1.83. The number of carbonyl (C=O) groups is 3. The number of hydrogen-bond donors (Lipinski definition) is 0. The van der Waals surface area contributed by atoms with Gasteiger partial charge in [0.25, 0.3) is 11.1 Å². The highest BCUT2D eigenvalue weighted by molar-refractivity contribution is 9.10. The summed E-state index contributed by atoms with van der Waals surface area (Å²) in [4.78, 5) is 37.6. The smallest absolute Gasteiger partial charge is 0.328 e. The van der Waals surface area contributed by atoms with Gasteiger partial charge in [-0.25, -0.2) is 4.79 Å². The summed E-state index contributed by atoms with van der Waals surface area (Å²) in [5, 5.41) is 0.154. The number of thioether (sulfide) groups is 1. The third-order valence-electron chi connectivity index (χ3n) is 4.31. The molecule has 1 heterocycles. The first-order chi connectivity index (χ1) is 14.3. The van der Waals surface area contributed by atoms with Crippen LogP contribution >= 0.6 is 39.3 Å². The molecule has 1 saturated heterocycles. The molecule has 2 amide bonds. The van der Waals surface area contributed by atoms with E-state index in [9.17, 15) is 14.4 Å². The van der Waals surface area contributed by atoms with Gasteiger partial charge >= 0.3 is 5.97 Å². The third kappa shape index (κ3) is 5.06. The van der Waals surface area contributed by atoms with Crippen molar-refractivity contribution in [2.45, 2.75) is 19.6 Å². The molecular formula is C21H17BrClNO5S. The molecule has 156 valence electrons. The van der Waals surface area contributed by atoms with E-state index in [1.54, 1.807) is 36.4 Å². The number of esters is 1. The van der Waals surface area contributed by atoms with Gasteiger partial charge in [0.15, 0.2) is 0 Å². The molecule has 1 aliphatic heterocycles. The maximum absolute atomic E-state index is 12.6. The molecule has 0 spiro atoms. The lowest BCUT2D eigenvalue weighted by Gasteiger charge is -2.18. The second-order valence-corrected chi connectivity index (χ2v) is 8.64. The molecule has 6 nitrogen and oxygen atoms in total. The molecule has 0 aliphatic carbocycles. The summed E-state index contributed by atoms with van der Waals surface area (Å²) < 4.78 is 11.1. The average molecular weight is 511 g/mol. The number of rotatable bonds is 6. The number of carbonyl (C=O) groups excluding carboxylic acids is 3. The van der Waals surface area contributed by atoms with Gasteiger partial charge in [-0.1, -0.05) is 29.8 Å². The standard InChI is InChI=1S/C21H17BrClNO5S/c1-12(20(26)28-2)24-19(25)18(30-21(24)27)10-14-5-8-17(16(22)9-14)29-11-13-3-6-15(23)7-4-13/h3-10,12H,11H2,1-2H3/b18-10+/t12-/m1/s1. The minimum Gasteiger partial charge on any atom is -0.488 e. The second kappa shape index (κ2) is 9.68. The molecule has 0 unspecified atom stereocenters. The molecule has 1 atom stereocenters. The summed E-state index contributed by atoms with van der Waals surface area (Å²) in [6.07, 6.45) is 1.60. The summed E-state index contributed by atoms with van der Waals surface area (Å²) in [7, 11) is 1.21. The molecule has 0 N–H and O–H groups in total. The van der Waals surface area contributed by atoms with Gasteiger partial charge in [-0.05, 0) is 76.1 Å². The maximum Gasteiger partial charge on any atom is 0.328 e. The van der Waals surface area contributed by atoms with Crippen LogP contribution < -0.4 is 4.74 Å². The van der Waals surface area contributed by atoms with Crippen molar-refractivity contribution in [2.24, 2.45) is 0 Å². The van der Waals surface area contributed by atoms with Crippen molar-refractivity contribution < 1.29 is 23.9 Å². The van der Waals surface area contributed by atoms with Gasteiger partial charge in [0.1, 0.15) is 18.4 Å². The Morgan fingerprint density at radius 1 is 1.23 bits per heavy atom. The highest BCUT2D eigenvalue weighted by Gasteiger charge is 2.41. The van der Waals surface area contributed by atoms with E-state index in [1.165, 1.54) is 14.0 Å². The molecule has 30 heavy (non-hydrogen) atoms. The van der Waals surface area contributed by atoms with Gasteiger partial charge in [0.05, 0.1) is 16.5 Å². The van der Waals surface area contributed by atoms with Crippen molar-refractivity contribution >= 4 is 62.5 Å². The minimum atomic E-state index is -0.983. The van der Waals surface area contributed by atoms with Crippen LogP contribution in [-0.4, -0.2) is 35.2 Å². The highest BCUT2D eigenvalue weighted by Crippen LogP contribution is 2.35. The first-order valence-corrected chi connectivity index (χ1v) is 10.8.